The minimum atomic E-state index is -1.01. The Morgan fingerprint density at radius 2 is 1.63 bits per heavy atom. The maximum absolute atomic E-state index is 12.4. The fourth-order valence-corrected chi connectivity index (χ4v) is 3.79. The van der Waals surface area contributed by atoms with Crippen molar-refractivity contribution < 1.29 is 28.7 Å². The summed E-state index contributed by atoms with van der Waals surface area (Å²) < 4.78 is 10.2. The Bertz CT molecular complexity index is 732. The SMILES string of the molecule is COc1ccc(C(=O)[C@@H](C)OC(=O)CN2C(=O)[C@H]3CCCC[C@H]3C2=O)cc1. The highest BCUT2D eigenvalue weighted by atomic mass is 16.5. The molecule has 1 heterocycles. The van der Waals surface area contributed by atoms with Crippen LogP contribution in [0.15, 0.2) is 24.3 Å². The quantitative estimate of drug-likeness (QED) is 0.430. The normalized spacial score (nSPS) is 23.0. The molecule has 7 heteroatoms. The molecule has 3 atom stereocenters. The van der Waals surface area contributed by atoms with Gasteiger partial charge >= 0.3 is 5.97 Å². The van der Waals surface area contributed by atoms with Gasteiger partial charge in [0.15, 0.2) is 6.10 Å². The van der Waals surface area contributed by atoms with E-state index in [1.54, 1.807) is 24.3 Å². The van der Waals surface area contributed by atoms with Crippen LogP contribution >= 0.6 is 0 Å². The van der Waals surface area contributed by atoms with Gasteiger partial charge in [-0.1, -0.05) is 12.8 Å². The topological polar surface area (TPSA) is 90.0 Å². The molecule has 27 heavy (non-hydrogen) atoms. The number of fused-ring (bicyclic) bond motifs is 1. The Labute approximate surface area is 157 Å². The minimum absolute atomic E-state index is 0.296. The Kier molecular flexibility index (Phi) is 5.58. The molecule has 2 aliphatic rings. The Morgan fingerprint density at radius 3 is 2.15 bits per heavy atom. The van der Waals surface area contributed by atoms with E-state index in [4.69, 9.17) is 9.47 Å². The van der Waals surface area contributed by atoms with Crippen LogP contribution in [0.5, 0.6) is 5.75 Å². The van der Waals surface area contributed by atoms with E-state index in [-0.39, 0.29) is 29.4 Å². The third-order valence-electron chi connectivity index (χ3n) is 5.27. The molecular weight excluding hydrogens is 350 g/mol. The van der Waals surface area contributed by atoms with Crippen LogP contribution in [0.3, 0.4) is 0 Å². The molecule has 0 aromatic heterocycles. The molecule has 1 aliphatic heterocycles. The molecule has 1 saturated carbocycles. The van der Waals surface area contributed by atoms with Gasteiger partial charge in [-0.05, 0) is 44.0 Å². The Morgan fingerprint density at radius 1 is 1.07 bits per heavy atom. The van der Waals surface area contributed by atoms with Gasteiger partial charge < -0.3 is 9.47 Å². The van der Waals surface area contributed by atoms with E-state index in [9.17, 15) is 19.2 Å². The highest BCUT2D eigenvalue weighted by molar-refractivity contribution is 6.07. The largest absolute Gasteiger partial charge is 0.497 e. The van der Waals surface area contributed by atoms with Crippen molar-refractivity contribution in [1.82, 2.24) is 4.90 Å². The molecule has 0 spiro atoms. The van der Waals surface area contributed by atoms with Crippen LogP contribution in [0.2, 0.25) is 0 Å². The van der Waals surface area contributed by atoms with Crippen LogP contribution in [0.25, 0.3) is 0 Å². The number of ether oxygens (including phenoxy) is 2. The first-order valence-corrected chi connectivity index (χ1v) is 9.15. The Hall–Kier alpha value is -2.70. The van der Waals surface area contributed by atoms with Gasteiger partial charge in [0.05, 0.1) is 18.9 Å². The molecule has 0 radical (unpaired) electrons. The molecule has 2 amide bonds. The zero-order chi connectivity index (χ0) is 19.6. The number of imide groups is 1. The van der Waals surface area contributed by atoms with Crippen molar-refractivity contribution in [2.75, 3.05) is 13.7 Å². The van der Waals surface area contributed by atoms with Gasteiger partial charge in [0, 0.05) is 5.56 Å². The highest BCUT2D eigenvalue weighted by Crippen LogP contribution is 2.37. The van der Waals surface area contributed by atoms with Gasteiger partial charge in [0.1, 0.15) is 12.3 Å². The molecule has 2 fully saturated rings. The van der Waals surface area contributed by atoms with Crippen LogP contribution in [0.1, 0.15) is 43.0 Å². The molecular formula is C20H23NO6. The summed E-state index contributed by atoms with van der Waals surface area (Å²) in [6.45, 7) is 1.03. The third-order valence-corrected chi connectivity index (χ3v) is 5.27. The van der Waals surface area contributed by atoms with Crippen molar-refractivity contribution in [3.63, 3.8) is 0 Å². The van der Waals surface area contributed by atoms with Gasteiger partial charge in [0.2, 0.25) is 17.6 Å². The fourth-order valence-electron chi connectivity index (χ4n) is 3.79. The molecule has 0 unspecified atom stereocenters. The summed E-state index contributed by atoms with van der Waals surface area (Å²) in [4.78, 5) is 50.4. The summed E-state index contributed by atoms with van der Waals surface area (Å²) in [7, 11) is 1.53. The first kappa shape index (κ1) is 19.1. The van der Waals surface area contributed by atoms with Crippen LogP contribution < -0.4 is 4.74 Å². The van der Waals surface area contributed by atoms with Crippen LogP contribution in [0, 0.1) is 11.8 Å². The first-order valence-electron chi connectivity index (χ1n) is 9.15. The van der Waals surface area contributed by atoms with Crippen molar-refractivity contribution in [2.45, 2.75) is 38.7 Å². The molecule has 1 aromatic rings. The average Bonchev–Trinajstić information content (AvgIpc) is 2.92. The van der Waals surface area contributed by atoms with Crippen molar-refractivity contribution >= 4 is 23.6 Å². The van der Waals surface area contributed by atoms with E-state index in [1.165, 1.54) is 14.0 Å². The number of hydrogen-bond acceptors (Lipinski definition) is 6. The zero-order valence-corrected chi connectivity index (χ0v) is 15.5. The number of carbonyl (C=O) groups excluding carboxylic acids is 4. The number of rotatable bonds is 6. The molecule has 1 aliphatic carbocycles. The third kappa shape index (κ3) is 3.86. The number of ketones is 1. The number of methoxy groups -OCH3 is 1. The summed E-state index contributed by atoms with van der Waals surface area (Å²) >= 11 is 0. The van der Waals surface area contributed by atoms with E-state index in [0.717, 1.165) is 17.7 Å². The molecule has 7 nitrogen and oxygen atoms in total. The number of benzene rings is 1. The van der Waals surface area contributed by atoms with Crippen LogP contribution in [0.4, 0.5) is 0 Å². The van der Waals surface area contributed by atoms with Crippen molar-refractivity contribution in [1.29, 1.82) is 0 Å². The predicted molar refractivity (Wildman–Crippen MR) is 95.0 cm³/mol. The number of amides is 2. The number of carbonyl (C=O) groups is 4. The maximum atomic E-state index is 12.4. The second kappa shape index (κ2) is 7.90. The van der Waals surface area contributed by atoms with Crippen LogP contribution in [-0.4, -0.2) is 48.2 Å². The smallest absolute Gasteiger partial charge is 0.326 e. The number of esters is 1. The Balaban J connectivity index is 1.59. The molecule has 144 valence electrons. The lowest BCUT2D eigenvalue weighted by Gasteiger charge is -2.19. The summed E-state index contributed by atoms with van der Waals surface area (Å²) in [5, 5.41) is 0. The number of Topliss-reactive ketones (excluding diaryl/α,β-unsaturated/α-hetero) is 1. The summed E-state index contributed by atoms with van der Waals surface area (Å²) in [6, 6.07) is 6.46. The minimum Gasteiger partial charge on any atom is -0.497 e. The van der Waals surface area contributed by atoms with Gasteiger partial charge in [-0.2, -0.15) is 0 Å². The molecule has 1 aromatic carbocycles. The molecule has 0 bridgehead atoms. The number of hydrogen-bond donors (Lipinski definition) is 0. The standard InChI is InChI=1S/C20H23NO6/c1-12(18(23)13-7-9-14(26-2)10-8-13)27-17(22)11-21-19(24)15-5-3-4-6-16(15)20(21)25/h7-10,12,15-16H,3-6,11H2,1-2H3/t12-,15-,16+/m1/s1. The number of likely N-dealkylation sites (tertiary alicyclic amines) is 1. The lowest BCUT2D eigenvalue weighted by Crippen LogP contribution is -2.38. The van der Waals surface area contributed by atoms with E-state index in [0.29, 0.717) is 24.2 Å². The first-order chi connectivity index (χ1) is 12.9. The van der Waals surface area contributed by atoms with E-state index >= 15 is 0 Å². The maximum Gasteiger partial charge on any atom is 0.326 e. The molecule has 1 saturated heterocycles. The van der Waals surface area contributed by atoms with Gasteiger partial charge in [0.25, 0.3) is 0 Å². The zero-order valence-electron chi connectivity index (χ0n) is 15.5. The molecule has 3 rings (SSSR count). The van der Waals surface area contributed by atoms with E-state index in [1.807, 2.05) is 0 Å². The summed E-state index contributed by atoms with van der Waals surface area (Å²) in [5.74, 6) is -1.71. The van der Waals surface area contributed by atoms with Crippen molar-refractivity contribution in [2.24, 2.45) is 11.8 Å². The molecule has 0 N–H and O–H groups in total. The van der Waals surface area contributed by atoms with Crippen molar-refractivity contribution in [3.05, 3.63) is 29.8 Å². The number of nitrogens with zero attached hydrogens (tertiary/aromatic N) is 1. The summed E-state index contributed by atoms with van der Waals surface area (Å²) in [6.07, 6.45) is 2.21. The van der Waals surface area contributed by atoms with Gasteiger partial charge in [-0.25, -0.2) is 0 Å². The van der Waals surface area contributed by atoms with Crippen molar-refractivity contribution in [3.8, 4) is 5.75 Å². The lowest BCUT2D eigenvalue weighted by atomic mass is 9.81. The van der Waals surface area contributed by atoms with E-state index < -0.39 is 18.6 Å². The summed E-state index contributed by atoms with van der Waals surface area (Å²) in [5.41, 5.74) is 0.385. The monoisotopic (exact) mass is 373 g/mol. The predicted octanol–water partition coefficient (Wildman–Crippen LogP) is 1.98. The second-order valence-electron chi connectivity index (χ2n) is 6.98. The van der Waals surface area contributed by atoms with Gasteiger partial charge in [-0.3, -0.25) is 24.1 Å². The lowest BCUT2D eigenvalue weighted by molar-refractivity contribution is -0.154. The average molecular weight is 373 g/mol. The fraction of sp³-hybridized carbons (Fsp3) is 0.500. The second-order valence-corrected chi connectivity index (χ2v) is 6.98. The van der Waals surface area contributed by atoms with E-state index in [2.05, 4.69) is 0 Å². The highest BCUT2D eigenvalue weighted by Gasteiger charge is 2.48. The van der Waals surface area contributed by atoms with Gasteiger partial charge in [-0.15, -0.1) is 0 Å². The van der Waals surface area contributed by atoms with Crippen LogP contribution in [-0.2, 0) is 19.1 Å².